The van der Waals surface area contributed by atoms with Crippen molar-refractivity contribution in [1.82, 2.24) is 13.9 Å². The molecule has 0 atom stereocenters. The SMILES string of the molecule is CCn1c(SCCOc2cccc([N+](=O)[O-])c2)nc2cc(S(=O)(=O)N3CCOCC3)ccc21. The first-order valence-electron chi connectivity index (χ1n) is 10.5. The van der Waals surface area contributed by atoms with Crippen molar-refractivity contribution in [3.8, 4) is 5.75 Å². The molecular formula is C21H24N4O6S2. The van der Waals surface area contributed by atoms with Crippen LogP contribution in [0.1, 0.15) is 6.92 Å². The summed E-state index contributed by atoms with van der Waals surface area (Å²) in [5, 5.41) is 11.6. The van der Waals surface area contributed by atoms with Crippen LogP contribution in [0.2, 0.25) is 0 Å². The van der Waals surface area contributed by atoms with Gasteiger partial charge in [0, 0.05) is 31.5 Å². The van der Waals surface area contributed by atoms with Gasteiger partial charge < -0.3 is 14.0 Å². The predicted molar refractivity (Wildman–Crippen MR) is 124 cm³/mol. The quantitative estimate of drug-likeness (QED) is 0.194. The molecule has 4 rings (SSSR count). The number of imidazole rings is 1. The largest absolute Gasteiger partial charge is 0.492 e. The van der Waals surface area contributed by atoms with Gasteiger partial charge >= 0.3 is 0 Å². The van der Waals surface area contributed by atoms with Crippen molar-refractivity contribution in [1.29, 1.82) is 0 Å². The van der Waals surface area contributed by atoms with E-state index in [0.717, 1.165) is 10.7 Å². The van der Waals surface area contributed by atoms with E-state index in [1.165, 1.54) is 28.2 Å². The number of fused-ring (bicyclic) bond motifs is 1. The highest BCUT2D eigenvalue weighted by Crippen LogP contribution is 2.28. The Morgan fingerprint density at radius 2 is 2.00 bits per heavy atom. The first-order valence-corrected chi connectivity index (χ1v) is 12.9. The summed E-state index contributed by atoms with van der Waals surface area (Å²) in [6.07, 6.45) is 0. The summed E-state index contributed by atoms with van der Waals surface area (Å²) in [6.45, 7) is 4.50. The van der Waals surface area contributed by atoms with Crippen LogP contribution in [-0.4, -0.2) is 65.9 Å². The summed E-state index contributed by atoms with van der Waals surface area (Å²) in [4.78, 5) is 15.3. The summed E-state index contributed by atoms with van der Waals surface area (Å²) in [5.74, 6) is 1.01. The Labute approximate surface area is 195 Å². The van der Waals surface area contributed by atoms with Gasteiger partial charge in [-0.1, -0.05) is 17.8 Å². The van der Waals surface area contributed by atoms with Crippen molar-refractivity contribution in [2.24, 2.45) is 0 Å². The minimum absolute atomic E-state index is 0.0178. The number of morpholine rings is 1. The summed E-state index contributed by atoms with van der Waals surface area (Å²) >= 11 is 1.49. The maximum absolute atomic E-state index is 13.0. The lowest BCUT2D eigenvalue weighted by Crippen LogP contribution is -2.40. The van der Waals surface area contributed by atoms with Gasteiger partial charge in [0.15, 0.2) is 5.16 Å². The minimum Gasteiger partial charge on any atom is -0.492 e. The second-order valence-electron chi connectivity index (χ2n) is 7.26. The number of rotatable bonds is 9. The highest BCUT2D eigenvalue weighted by molar-refractivity contribution is 7.99. The number of nitrogens with zero attached hydrogens (tertiary/aromatic N) is 4. The maximum atomic E-state index is 13.0. The smallest absolute Gasteiger partial charge is 0.273 e. The van der Waals surface area contributed by atoms with Crippen LogP contribution >= 0.6 is 11.8 Å². The molecule has 1 aliphatic heterocycles. The van der Waals surface area contributed by atoms with Crippen molar-refractivity contribution in [2.75, 3.05) is 38.7 Å². The minimum atomic E-state index is -3.60. The number of sulfonamides is 1. The molecule has 2 heterocycles. The maximum Gasteiger partial charge on any atom is 0.273 e. The van der Waals surface area contributed by atoms with Gasteiger partial charge in [-0.15, -0.1) is 0 Å². The first kappa shape index (κ1) is 23.5. The molecule has 10 nitrogen and oxygen atoms in total. The van der Waals surface area contributed by atoms with Crippen molar-refractivity contribution >= 4 is 38.5 Å². The molecule has 0 bridgehead atoms. The molecule has 2 aromatic carbocycles. The second kappa shape index (κ2) is 10.1. The van der Waals surface area contributed by atoms with Gasteiger partial charge in [-0.05, 0) is 31.2 Å². The van der Waals surface area contributed by atoms with Crippen LogP contribution < -0.4 is 4.74 Å². The second-order valence-corrected chi connectivity index (χ2v) is 10.3. The van der Waals surface area contributed by atoms with Gasteiger partial charge in [0.1, 0.15) is 5.75 Å². The molecule has 0 unspecified atom stereocenters. The molecule has 0 amide bonds. The third-order valence-corrected chi connectivity index (χ3v) is 8.06. The van der Waals surface area contributed by atoms with Crippen LogP contribution in [0.3, 0.4) is 0 Å². The fourth-order valence-electron chi connectivity index (χ4n) is 3.58. The number of aryl methyl sites for hydroxylation is 1. The fraction of sp³-hybridized carbons (Fsp3) is 0.381. The average molecular weight is 493 g/mol. The molecule has 0 saturated carbocycles. The average Bonchev–Trinajstić information content (AvgIpc) is 3.19. The molecule has 176 valence electrons. The van der Waals surface area contributed by atoms with E-state index < -0.39 is 14.9 Å². The Hall–Kier alpha value is -2.67. The van der Waals surface area contributed by atoms with Crippen LogP contribution in [-0.2, 0) is 21.3 Å². The molecule has 0 N–H and O–H groups in total. The van der Waals surface area contributed by atoms with Crippen LogP contribution in [0, 0.1) is 10.1 Å². The summed E-state index contributed by atoms with van der Waals surface area (Å²) in [5.41, 5.74) is 1.46. The molecule has 0 spiro atoms. The van der Waals surface area contributed by atoms with Crippen molar-refractivity contribution in [2.45, 2.75) is 23.5 Å². The van der Waals surface area contributed by atoms with Gasteiger partial charge in [-0.25, -0.2) is 13.4 Å². The third-order valence-electron chi connectivity index (χ3n) is 5.22. The standard InChI is InChI=1S/C21H24N4O6S2/c1-2-24-20-7-6-18(33(28,29)23-8-10-30-11-9-23)15-19(20)22-21(24)32-13-12-31-17-5-3-4-16(14-17)25(26)27/h3-7,14-15H,2,8-13H2,1H3. The number of thioether (sulfide) groups is 1. The van der Waals surface area contributed by atoms with Crippen molar-refractivity contribution in [3.05, 3.63) is 52.6 Å². The molecule has 12 heteroatoms. The molecule has 1 aliphatic rings. The van der Waals surface area contributed by atoms with Gasteiger partial charge in [0.25, 0.3) is 5.69 Å². The van der Waals surface area contributed by atoms with E-state index in [1.807, 2.05) is 11.5 Å². The number of hydrogen-bond acceptors (Lipinski definition) is 8. The Morgan fingerprint density at radius 3 is 2.73 bits per heavy atom. The van der Waals surface area contributed by atoms with Crippen molar-refractivity contribution in [3.63, 3.8) is 0 Å². The molecule has 33 heavy (non-hydrogen) atoms. The Balaban J connectivity index is 1.46. The number of ether oxygens (including phenoxy) is 2. The normalized spacial score (nSPS) is 15.1. The lowest BCUT2D eigenvalue weighted by atomic mass is 10.3. The molecule has 1 fully saturated rings. The van der Waals surface area contributed by atoms with Gasteiger partial charge in [0.05, 0.1) is 46.7 Å². The van der Waals surface area contributed by atoms with Crippen LogP contribution in [0.25, 0.3) is 11.0 Å². The molecule has 0 aliphatic carbocycles. The Bertz CT molecular complexity index is 1250. The first-order chi connectivity index (χ1) is 15.9. The molecule has 3 aromatic rings. The zero-order valence-corrected chi connectivity index (χ0v) is 19.7. The summed E-state index contributed by atoms with van der Waals surface area (Å²) in [7, 11) is -3.60. The summed E-state index contributed by atoms with van der Waals surface area (Å²) in [6, 6.07) is 11.1. The molecule has 0 radical (unpaired) electrons. The number of non-ortho nitro benzene ring substituents is 1. The van der Waals surface area contributed by atoms with Gasteiger partial charge in [0.2, 0.25) is 10.0 Å². The van der Waals surface area contributed by atoms with E-state index in [0.29, 0.717) is 56.5 Å². The highest BCUT2D eigenvalue weighted by Gasteiger charge is 2.27. The number of nitro benzene ring substituents is 1. The Kier molecular flexibility index (Phi) is 7.17. The monoisotopic (exact) mass is 492 g/mol. The Morgan fingerprint density at radius 1 is 1.21 bits per heavy atom. The number of aromatic nitrogens is 2. The molecule has 1 aromatic heterocycles. The van der Waals surface area contributed by atoms with Crippen molar-refractivity contribution < 1.29 is 22.8 Å². The molecule has 1 saturated heterocycles. The number of nitro groups is 1. The van der Waals surface area contributed by atoms with E-state index >= 15 is 0 Å². The van der Waals surface area contributed by atoms with Crippen LogP contribution in [0.15, 0.2) is 52.5 Å². The topological polar surface area (TPSA) is 117 Å². The predicted octanol–water partition coefficient (Wildman–Crippen LogP) is 3.16. The number of hydrogen-bond donors (Lipinski definition) is 0. The van der Waals surface area contributed by atoms with E-state index in [1.54, 1.807) is 30.3 Å². The van der Waals surface area contributed by atoms with Crippen LogP contribution in [0.5, 0.6) is 5.75 Å². The van der Waals surface area contributed by atoms with E-state index in [-0.39, 0.29) is 10.6 Å². The summed E-state index contributed by atoms with van der Waals surface area (Å²) < 4.78 is 40.3. The zero-order chi connectivity index (χ0) is 23.4. The van der Waals surface area contributed by atoms with Gasteiger partial charge in [-0.3, -0.25) is 10.1 Å². The van der Waals surface area contributed by atoms with Gasteiger partial charge in [-0.2, -0.15) is 4.31 Å². The van der Waals surface area contributed by atoms with Crippen LogP contribution in [0.4, 0.5) is 5.69 Å². The van der Waals surface area contributed by atoms with E-state index in [4.69, 9.17) is 9.47 Å². The van der Waals surface area contributed by atoms with E-state index in [2.05, 4.69) is 4.98 Å². The van der Waals surface area contributed by atoms with E-state index in [9.17, 15) is 18.5 Å². The molecular weight excluding hydrogens is 468 g/mol. The lowest BCUT2D eigenvalue weighted by molar-refractivity contribution is -0.384. The zero-order valence-electron chi connectivity index (χ0n) is 18.0. The third kappa shape index (κ3) is 5.13. The fourth-order valence-corrected chi connectivity index (χ4v) is 5.90. The lowest BCUT2D eigenvalue weighted by Gasteiger charge is -2.26. The number of benzene rings is 2. The highest BCUT2D eigenvalue weighted by atomic mass is 32.2.